The minimum Gasteiger partial charge on any atom is -0.393 e. The predicted molar refractivity (Wildman–Crippen MR) is 95.1 cm³/mol. The smallest absolute Gasteiger partial charge is 0.164 e. The van der Waals surface area contributed by atoms with Crippen molar-refractivity contribution in [3.8, 4) is 0 Å². The van der Waals surface area contributed by atoms with Gasteiger partial charge >= 0.3 is 0 Å². The summed E-state index contributed by atoms with van der Waals surface area (Å²) < 4.78 is 0. The minimum absolute atomic E-state index is 0.0730. The molecule has 144 valence electrons. The summed E-state index contributed by atoms with van der Waals surface area (Å²) in [6.45, 7) is 3.65. The fraction of sp³-hybridized carbons (Fsp3) is 0.810. The van der Waals surface area contributed by atoms with Gasteiger partial charge in [0.2, 0.25) is 0 Å². The highest BCUT2D eigenvalue weighted by atomic mass is 16.3. The van der Waals surface area contributed by atoms with Gasteiger partial charge in [0.1, 0.15) is 6.61 Å². The van der Waals surface area contributed by atoms with Gasteiger partial charge in [-0.15, -0.1) is 0 Å². The van der Waals surface area contributed by atoms with Crippen LogP contribution in [0.5, 0.6) is 0 Å². The van der Waals surface area contributed by atoms with E-state index in [9.17, 15) is 24.9 Å². The van der Waals surface area contributed by atoms with E-state index in [0.29, 0.717) is 19.3 Å². The molecule has 4 unspecified atom stereocenters. The molecule has 0 saturated heterocycles. The summed E-state index contributed by atoms with van der Waals surface area (Å²) in [5.74, 6) is -0.225. The summed E-state index contributed by atoms with van der Waals surface area (Å²) in [4.78, 5) is 24.2. The Kier molecular flexibility index (Phi) is 4.22. The monoisotopic (exact) mass is 362 g/mol. The molecule has 0 radical (unpaired) electrons. The van der Waals surface area contributed by atoms with Gasteiger partial charge in [-0.05, 0) is 66.8 Å². The lowest BCUT2D eigenvalue weighted by atomic mass is 9.46. The van der Waals surface area contributed by atoms with Gasteiger partial charge in [-0.2, -0.15) is 0 Å². The molecular formula is C21H30O5. The fourth-order valence-corrected chi connectivity index (χ4v) is 7.38. The molecule has 4 aliphatic rings. The number of carbonyl (C=O) groups excluding carboxylic acids is 2. The van der Waals surface area contributed by atoms with Crippen LogP contribution in [0.15, 0.2) is 11.6 Å². The first kappa shape index (κ1) is 18.3. The van der Waals surface area contributed by atoms with Crippen LogP contribution in [-0.4, -0.2) is 45.7 Å². The molecule has 0 heterocycles. The minimum atomic E-state index is -0.742. The summed E-state index contributed by atoms with van der Waals surface area (Å²) >= 11 is 0. The van der Waals surface area contributed by atoms with Gasteiger partial charge in [-0.1, -0.05) is 19.4 Å². The van der Waals surface area contributed by atoms with Crippen LogP contribution in [0, 0.1) is 34.5 Å². The Morgan fingerprint density at radius 2 is 1.96 bits per heavy atom. The van der Waals surface area contributed by atoms with Crippen molar-refractivity contribution in [3.63, 3.8) is 0 Å². The van der Waals surface area contributed by atoms with E-state index in [1.54, 1.807) is 0 Å². The number of fused-ring (bicyclic) bond motifs is 5. The molecule has 0 aromatic rings. The van der Waals surface area contributed by atoms with E-state index in [1.165, 1.54) is 5.57 Å². The van der Waals surface area contributed by atoms with E-state index in [0.717, 1.165) is 19.3 Å². The molecule has 0 amide bonds. The third-order valence-corrected chi connectivity index (χ3v) is 8.42. The third-order valence-electron chi connectivity index (χ3n) is 8.42. The summed E-state index contributed by atoms with van der Waals surface area (Å²) in [6.07, 6.45) is 4.61. The lowest BCUT2D eigenvalue weighted by Gasteiger charge is -2.59. The highest BCUT2D eigenvalue weighted by molar-refractivity contribution is 5.91. The van der Waals surface area contributed by atoms with Crippen molar-refractivity contribution >= 4 is 11.6 Å². The normalized spacial score (nSPS) is 50.5. The zero-order valence-corrected chi connectivity index (χ0v) is 15.6. The average molecular weight is 362 g/mol. The molecule has 5 heteroatoms. The molecule has 4 rings (SSSR count). The molecule has 3 saturated carbocycles. The predicted octanol–water partition coefficient (Wildman–Crippen LogP) is 1.64. The van der Waals surface area contributed by atoms with Gasteiger partial charge in [0, 0.05) is 6.42 Å². The van der Waals surface area contributed by atoms with Crippen LogP contribution in [0.25, 0.3) is 0 Å². The van der Waals surface area contributed by atoms with Crippen LogP contribution in [0.3, 0.4) is 0 Å². The van der Waals surface area contributed by atoms with E-state index >= 15 is 0 Å². The maximum Gasteiger partial charge on any atom is 0.164 e. The number of ketones is 2. The first-order chi connectivity index (χ1) is 12.2. The molecule has 3 N–H and O–H groups in total. The molecule has 4 aliphatic carbocycles. The van der Waals surface area contributed by atoms with Crippen molar-refractivity contribution in [2.45, 2.75) is 64.6 Å². The molecule has 8 atom stereocenters. The second-order valence-electron chi connectivity index (χ2n) is 9.57. The van der Waals surface area contributed by atoms with E-state index in [4.69, 9.17) is 0 Å². The standard InChI is InChI=1S/C21H30O5/c1-20-6-5-12(23)7-11(20)3-4-13-14-8-15(24)19(17(26)10-22)21(14,2)9-16(25)18(13)20/h7,13-16,18-19,22,24-25H,3-6,8-10H2,1-2H3/t13?,14?,15?,16-,18?,19+,20-,21-/m0/s1. The van der Waals surface area contributed by atoms with Crippen LogP contribution in [-0.2, 0) is 9.59 Å². The quantitative estimate of drug-likeness (QED) is 0.694. The highest BCUT2D eigenvalue weighted by Crippen LogP contribution is 2.66. The van der Waals surface area contributed by atoms with Crippen LogP contribution in [0.2, 0.25) is 0 Å². The number of carbonyl (C=O) groups is 2. The number of hydrogen-bond acceptors (Lipinski definition) is 5. The summed E-state index contributed by atoms with van der Waals surface area (Å²) in [6, 6.07) is 0. The Bertz CT molecular complexity index is 669. The van der Waals surface area contributed by atoms with Crippen molar-refractivity contribution in [2.75, 3.05) is 6.61 Å². The first-order valence-electron chi connectivity index (χ1n) is 9.96. The molecule has 0 aromatic heterocycles. The SMILES string of the molecule is C[C@]12CCC(=O)C=C1CCC1C2[C@@H](O)C[C@@]2(C)C1CC(O)[C@@H]2C(=O)CO. The van der Waals surface area contributed by atoms with Gasteiger partial charge in [0.05, 0.1) is 18.1 Å². The summed E-state index contributed by atoms with van der Waals surface area (Å²) in [5, 5.41) is 31.2. The van der Waals surface area contributed by atoms with Gasteiger partial charge in [0.15, 0.2) is 11.6 Å². The Morgan fingerprint density at radius 3 is 2.65 bits per heavy atom. The van der Waals surface area contributed by atoms with E-state index < -0.39 is 30.1 Å². The second-order valence-corrected chi connectivity index (χ2v) is 9.57. The van der Waals surface area contributed by atoms with Gasteiger partial charge in [-0.3, -0.25) is 9.59 Å². The van der Waals surface area contributed by atoms with Gasteiger partial charge < -0.3 is 15.3 Å². The maximum absolute atomic E-state index is 12.3. The van der Waals surface area contributed by atoms with Crippen LogP contribution in [0.4, 0.5) is 0 Å². The molecular weight excluding hydrogens is 332 g/mol. The van der Waals surface area contributed by atoms with Crippen LogP contribution < -0.4 is 0 Å². The number of rotatable bonds is 2. The Hall–Kier alpha value is -1.04. The average Bonchev–Trinajstić information content (AvgIpc) is 2.84. The molecule has 3 fully saturated rings. The van der Waals surface area contributed by atoms with Crippen molar-refractivity contribution in [3.05, 3.63) is 11.6 Å². The Labute approximate surface area is 154 Å². The van der Waals surface area contributed by atoms with Crippen molar-refractivity contribution in [1.29, 1.82) is 0 Å². The van der Waals surface area contributed by atoms with E-state index in [2.05, 4.69) is 6.92 Å². The topological polar surface area (TPSA) is 94.8 Å². The lowest BCUT2D eigenvalue weighted by Crippen LogP contribution is -2.57. The summed E-state index contributed by atoms with van der Waals surface area (Å²) in [5.41, 5.74) is 0.544. The van der Waals surface area contributed by atoms with Gasteiger partial charge in [-0.25, -0.2) is 0 Å². The number of hydrogen-bond donors (Lipinski definition) is 3. The number of aliphatic hydroxyl groups is 3. The number of aliphatic hydroxyl groups excluding tert-OH is 3. The molecule has 26 heavy (non-hydrogen) atoms. The van der Waals surface area contributed by atoms with Gasteiger partial charge in [0.25, 0.3) is 0 Å². The molecule has 5 nitrogen and oxygen atoms in total. The summed E-state index contributed by atoms with van der Waals surface area (Å²) in [7, 11) is 0. The fourth-order valence-electron chi connectivity index (χ4n) is 7.38. The zero-order chi connectivity index (χ0) is 18.9. The molecule has 0 bridgehead atoms. The van der Waals surface area contributed by atoms with Crippen molar-refractivity contribution < 1.29 is 24.9 Å². The number of Topliss-reactive ketones (excluding diaryl/α,β-unsaturated/α-hetero) is 1. The van der Waals surface area contributed by atoms with Crippen LogP contribution in [0.1, 0.15) is 52.4 Å². The second kappa shape index (κ2) is 5.98. The van der Waals surface area contributed by atoms with E-state index in [-0.39, 0.29) is 34.7 Å². The Morgan fingerprint density at radius 1 is 1.23 bits per heavy atom. The first-order valence-corrected chi connectivity index (χ1v) is 9.96. The molecule has 0 aliphatic heterocycles. The molecule has 0 aromatic carbocycles. The maximum atomic E-state index is 12.3. The lowest BCUT2D eigenvalue weighted by molar-refractivity contribution is -0.148. The Balaban J connectivity index is 1.73. The van der Waals surface area contributed by atoms with Crippen molar-refractivity contribution in [1.82, 2.24) is 0 Å². The zero-order valence-electron chi connectivity index (χ0n) is 15.6. The third kappa shape index (κ3) is 2.33. The molecule has 0 spiro atoms. The highest BCUT2D eigenvalue weighted by Gasteiger charge is 2.65. The largest absolute Gasteiger partial charge is 0.393 e. The number of allylic oxidation sites excluding steroid dienone is 1. The van der Waals surface area contributed by atoms with E-state index in [1.807, 2.05) is 13.0 Å². The van der Waals surface area contributed by atoms with Crippen molar-refractivity contribution in [2.24, 2.45) is 34.5 Å². The van der Waals surface area contributed by atoms with Crippen LogP contribution >= 0.6 is 0 Å².